The van der Waals surface area contributed by atoms with Crippen molar-refractivity contribution in [3.8, 4) is 11.3 Å². The summed E-state index contributed by atoms with van der Waals surface area (Å²) >= 11 is 0. The summed E-state index contributed by atoms with van der Waals surface area (Å²) in [4.78, 5) is 28.0. The van der Waals surface area contributed by atoms with E-state index in [1.165, 1.54) is 17.7 Å². The van der Waals surface area contributed by atoms with Crippen LogP contribution in [-0.2, 0) is 17.8 Å². The Labute approximate surface area is 179 Å². The molecule has 0 saturated heterocycles. The zero-order chi connectivity index (χ0) is 21.8. The van der Waals surface area contributed by atoms with Crippen molar-refractivity contribution in [3.63, 3.8) is 0 Å². The van der Waals surface area contributed by atoms with Gasteiger partial charge in [0.15, 0.2) is 0 Å². The van der Waals surface area contributed by atoms with E-state index in [1.807, 2.05) is 36.4 Å². The number of nitro benzene ring substituents is 1. The first kappa shape index (κ1) is 20.2. The molecule has 4 rings (SSSR count). The number of carbonyl (C=O) groups excluding carboxylic acids is 1. The fourth-order valence-corrected chi connectivity index (χ4v) is 3.34. The van der Waals surface area contributed by atoms with Crippen molar-refractivity contribution in [3.05, 3.63) is 106 Å². The molecule has 4 aromatic rings. The number of aromatic nitrogens is 1. The van der Waals surface area contributed by atoms with E-state index in [2.05, 4.69) is 19.1 Å². The van der Waals surface area contributed by atoms with Crippen LogP contribution in [0.4, 0.5) is 5.69 Å². The molecular formula is C25H20N2O4. The van der Waals surface area contributed by atoms with E-state index < -0.39 is 10.9 Å². The average molecular weight is 412 g/mol. The molecule has 6 nitrogen and oxygen atoms in total. The van der Waals surface area contributed by atoms with Crippen LogP contribution in [0.25, 0.3) is 22.2 Å². The van der Waals surface area contributed by atoms with E-state index >= 15 is 0 Å². The highest BCUT2D eigenvalue weighted by atomic mass is 16.6. The summed E-state index contributed by atoms with van der Waals surface area (Å²) in [7, 11) is 0. The van der Waals surface area contributed by atoms with Gasteiger partial charge in [0, 0.05) is 23.1 Å². The van der Waals surface area contributed by atoms with Crippen LogP contribution < -0.4 is 0 Å². The normalized spacial score (nSPS) is 10.7. The Balaban J connectivity index is 1.63. The summed E-state index contributed by atoms with van der Waals surface area (Å²) in [6, 6.07) is 23.3. The van der Waals surface area contributed by atoms with E-state index in [4.69, 9.17) is 9.72 Å². The van der Waals surface area contributed by atoms with E-state index in [-0.39, 0.29) is 12.3 Å². The largest absolute Gasteiger partial charge is 0.457 e. The molecule has 154 valence electrons. The third-order valence-corrected chi connectivity index (χ3v) is 5.11. The lowest BCUT2D eigenvalue weighted by Gasteiger charge is -2.11. The minimum atomic E-state index is -0.469. The van der Waals surface area contributed by atoms with Crippen molar-refractivity contribution >= 4 is 22.6 Å². The zero-order valence-electron chi connectivity index (χ0n) is 16.9. The molecule has 0 fully saturated rings. The number of nitrogens with zero attached hydrogens (tertiary/aromatic N) is 2. The molecule has 0 saturated carbocycles. The topological polar surface area (TPSA) is 82.3 Å². The van der Waals surface area contributed by atoms with Gasteiger partial charge in [0.1, 0.15) is 6.61 Å². The second kappa shape index (κ2) is 8.75. The number of pyridine rings is 1. The van der Waals surface area contributed by atoms with Crippen LogP contribution in [0.15, 0.2) is 78.9 Å². The standard InChI is InChI=1S/C25H20N2O4/c1-2-17-7-11-19(12-8-17)24-15-22(21-5-3-4-6-23(21)26-24)25(28)31-16-18-9-13-20(14-10-18)27(29)30/h3-15H,2,16H2,1H3. The minimum absolute atomic E-state index is 0.00561. The molecule has 31 heavy (non-hydrogen) atoms. The van der Waals surface area contributed by atoms with Gasteiger partial charge in [-0.1, -0.05) is 49.4 Å². The third kappa shape index (κ3) is 4.43. The molecule has 3 aromatic carbocycles. The molecule has 0 N–H and O–H groups in total. The Hall–Kier alpha value is -4.06. The van der Waals surface area contributed by atoms with Crippen molar-refractivity contribution in [1.82, 2.24) is 4.98 Å². The number of hydrogen-bond acceptors (Lipinski definition) is 5. The molecule has 0 radical (unpaired) electrons. The summed E-state index contributed by atoms with van der Waals surface area (Å²) in [5.41, 5.74) is 4.66. The van der Waals surface area contributed by atoms with Gasteiger partial charge in [-0.05, 0) is 41.8 Å². The molecule has 0 aliphatic rings. The number of para-hydroxylation sites is 1. The molecule has 0 spiro atoms. The number of benzene rings is 3. The number of ether oxygens (including phenoxy) is 1. The number of hydrogen-bond donors (Lipinski definition) is 0. The smallest absolute Gasteiger partial charge is 0.339 e. The van der Waals surface area contributed by atoms with Crippen molar-refractivity contribution in [2.45, 2.75) is 20.0 Å². The Morgan fingerprint density at radius 1 is 0.968 bits per heavy atom. The van der Waals surface area contributed by atoms with Crippen LogP contribution in [0, 0.1) is 10.1 Å². The van der Waals surface area contributed by atoms with Crippen LogP contribution in [-0.4, -0.2) is 15.9 Å². The highest BCUT2D eigenvalue weighted by molar-refractivity contribution is 6.04. The number of rotatable bonds is 6. The Morgan fingerprint density at radius 3 is 2.32 bits per heavy atom. The number of aryl methyl sites for hydroxylation is 1. The maximum atomic E-state index is 12.9. The van der Waals surface area contributed by atoms with Crippen LogP contribution in [0.2, 0.25) is 0 Å². The van der Waals surface area contributed by atoms with Gasteiger partial charge in [0.25, 0.3) is 5.69 Å². The van der Waals surface area contributed by atoms with Crippen LogP contribution in [0.1, 0.15) is 28.4 Å². The minimum Gasteiger partial charge on any atom is -0.457 e. The molecular weight excluding hydrogens is 392 g/mol. The first-order chi connectivity index (χ1) is 15.0. The van der Waals surface area contributed by atoms with Gasteiger partial charge in [-0.3, -0.25) is 10.1 Å². The SMILES string of the molecule is CCc1ccc(-c2cc(C(=O)OCc3ccc([N+](=O)[O-])cc3)c3ccccc3n2)cc1. The average Bonchev–Trinajstić information content (AvgIpc) is 2.82. The first-order valence-corrected chi connectivity index (χ1v) is 9.94. The number of nitro groups is 1. The number of non-ortho nitro benzene ring substituents is 1. The second-order valence-electron chi connectivity index (χ2n) is 7.12. The summed E-state index contributed by atoms with van der Waals surface area (Å²) in [6.45, 7) is 2.12. The van der Waals surface area contributed by atoms with Crippen LogP contribution in [0.5, 0.6) is 0 Å². The van der Waals surface area contributed by atoms with Gasteiger partial charge in [0.2, 0.25) is 0 Å². The quantitative estimate of drug-likeness (QED) is 0.229. The van der Waals surface area contributed by atoms with Crippen molar-refractivity contribution in [2.75, 3.05) is 0 Å². The fourth-order valence-electron chi connectivity index (χ4n) is 3.34. The Bertz CT molecular complexity index is 1250. The van der Waals surface area contributed by atoms with Crippen LogP contribution >= 0.6 is 0 Å². The van der Waals surface area contributed by atoms with Gasteiger partial charge < -0.3 is 4.74 Å². The lowest BCUT2D eigenvalue weighted by atomic mass is 10.0. The summed E-state index contributed by atoms with van der Waals surface area (Å²) in [6.07, 6.45) is 0.950. The van der Waals surface area contributed by atoms with Gasteiger partial charge in [-0.2, -0.15) is 0 Å². The first-order valence-electron chi connectivity index (χ1n) is 9.94. The molecule has 0 atom stereocenters. The number of esters is 1. The highest BCUT2D eigenvalue weighted by Gasteiger charge is 2.16. The van der Waals surface area contributed by atoms with Crippen molar-refractivity contribution < 1.29 is 14.5 Å². The number of carbonyl (C=O) groups is 1. The van der Waals surface area contributed by atoms with Crippen molar-refractivity contribution in [2.24, 2.45) is 0 Å². The maximum absolute atomic E-state index is 12.9. The van der Waals surface area contributed by atoms with Gasteiger partial charge in [0.05, 0.1) is 21.7 Å². The number of fused-ring (bicyclic) bond motifs is 1. The third-order valence-electron chi connectivity index (χ3n) is 5.11. The zero-order valence-corrected chi connectivity index (χ0v) is 16.9. The molecule has 0 amide bonds. The summed E-state index contributed by atoms with van der Waals surface area (Å²) < 4.78 is 5.51. The second-order valence-corrected chi connectivity index (χ2v) is 7.12. The van der Waals surface area contributed by atoms with E-state index in [0.29, 0.717) is 27.7 Å². The Kier molecular flexibility index (Phi) is 5.71. The molecule has 0 bridgehead atoms. The molecule has 0 unspecified atom stereocenters. The Morgan fingerprint density at radius 2 is 1.65 bits per heavy atom. The lowest BCUT2D eigenvalue weighted by Crippen LogP contribution is -2.07. The molecule has 6 heteroatoms. The van der Waals surface area contributed by atoms with E-state index in [9.17, 15) is 14.9 Å². The maximum Gasteiger partial charge on any atom is 0.339 e. The molecule has 1 heterocycles. The fraction of sp³-hybridized carbons (Fsp3) is 0.120. The molecule has 0 aliphatic carbocycles. The monoisotopic (exact) mass is 412 g/mol. The van der Waals surface area contributed by atoms with E-state index in [1.54, 1.807) is 18.2 Å². The predicted molar refractivity (Wildman–Crippen MR) is 119 cm³/mol. The molecule has 0 aliphatic heterocycles. The summed E-state index contributed by atoms with van der Waals surface area (Å²) in [5, 5.41) is 11.5. The lowest BCUT2D eigenvalue weighted by molar-refractivity contribution is -0.384. The van der Waals surface area contributed by atoms with E-state index in [0.717, 1.165) is 12.0 Å². The van der Waals surface area contributed by atoms with Gasteiger partial charge >= 0.3 is 5.97 Å². The van der Waals surface area contributed by atoms with Gasteiger partial charge in [-0.15, -0.1) is 0 Å². The van der Waals surface area contributed by atoms with Crippen molar-refractivity contribution in [1.29, 1.82) is 0 Å². The highest BCUT2D eigenvalue weighted by Crippen LogP contribution is 2.26. The van der Waals surface area contributed by atoms with Crippen LogP contribution in [0.3, 0.4) is 0 Å². The summed E-state index contributed by atoms with van der Waals surface area (Å²) in [5.74, 6) is -0.469. The van der Waals surface area contributed by atoms with Gasteiger partial charge in [-0.25, -0.2) is 9.78 Å². The predicted octanol–water partition coefficient (Wildman–Crippen LogP) is 5.73. The molecule has 1 aromatic heterocycles.